The normalized spacial score (nSPS) is 12.4. The first-order valence-corrected chi connectivity index (χ1v) is 20.6. The third-order valence-corrected chi connectivity index (χ3v) is 12.1. The second-order valence-corrected chi connectivity index (χ2v) is 17.1. The monoisotopic (exact) mass is 846 g/mol. The lowest BCUT2D eigenvalue weighted by Crippen LogP contribution is -2.33. The molecule has 6 rings (SSSR count). The topological polar surface area (TPSA) is 132 Å². The van der Waals surface area contributed by atoms with E-state index in [-0.39, 0.29) is 37.4 Å². The molecule has 298 valence electrons. The van der Waals surface area contributed by atoms with Crippen molar-refractivity contribution in [3.05, 3.63) is 121 Å². The second-order valence-electron chi connectivity index (χ2n) is 14.9. The van der Waals surface area contributed by atoms with Gasteiger partial charge < -0.3 is 15.4 Å². The Morgan fingerprint density at radius 1 is 0.877 bits per heavy atom. The number of aromatic amines is 1. The molecule has 1 unspecified atom stereocenters. The van der Waals surface area contributed by atoms with E-state index < -0.39 is 11.7 Å². The molecule has 0 aliphatic heterocycles. The fourth-order valence-corrected chi connectivity index (χ4v) is 7.88. The van der Waals surface area contributed by atoms with Crippen molar-refractivity contribution in [2.24, 2.45) is 0 Å². The number of nitrogens with zero attached hydrogens (tertiary/aromatic N) is 5. The van der Waals surface area contributed by atoms with Crippen LogP contribution in [-0.2, 0) is 15.6 Å². The molecule has 0 saturated carbocycles. The van der Waals surface area contributed by atoms with Crippen LogP contribution in [0.5, 0.6) is 5.75 Å². The van der Waals surface area contributed by atoms with Gasteiger partial charge in [0.05, 0.1) is 15.7 Å². The lowest BCUT2D eigenvalue weighted by atomic mass is 9.76. The van der Waals surface area contributed by atoms with Gasteiger partial charge in [-0.25, -0.2) is 4.68 Å². The van der Waals surface area contributed by atoms with Crippen molar-refractivity contribution in [2.75, 3.05) is 10.6 Å². The fraction of sp³-hybridized carbons (Fsp3) is 0.310. The predicted octanol–water partition coefficient (Wildman–Crippen LogP) is 11.2. The minimum absolute atomic E-state index is 0.0121. The number of ether oxygens (including phenoxy) is 1. The number of hydrogen-bond donors (Lipinski definition) is 3. The van der Waals surface area contributed by atoms with Crippen LogP contribution < -0.4 is 20.9 Å². The summed E-state index contributed by atoms with van der Waals surface area (Å²) < 4.78 is 9.26. The number of halogens is 3. The molecular weight excluding hydrogens is 803 g/mol. The summed E-state index contributed by atoms with van der Waals surface area (Å²) in [6.45, 7) is 15.2. The molecular formula is C42H45Cl3N8O3S. The maximum Gasteiger partial charge on any atom is 0.287 e. The van der Waals surface area contributed by atoms with Crippen molar-refractivity contribution in [3.8, 4) is 17.1 Å². The van der Waals surface area contributed by atoms with Crippen LogP contribution in [0.25, 0.3) is 11.4 Å². The van der Waals surface area contributed by atoms with E-state index in [1.165, 1.54) is 27.1 Å². The quantitative estimate of drug-likeness (QED) is 0.0931. The Labute approximate surface area is 351 Å². The van der Waals surface area contributed by atoms with E-state index >= 15 is 0 Å². The lowest BCUT2D eigenvalue weighted by molar-refractivity contribution is -0.122. The largest absolute Gasteiger partial charge is 0.480 e. The molecule has 0 radical (unpaired) electrons. The van der Waals surface area contributed by atoms with Gasteiger partial charge >= 0.3 is 0 Å². The SMILES string of the molecule is CCC(Oc1ccc(C(C)(C)CC)cc1C(C)(C)CC)C(=O)Nc1ccc(Nc2[nH]n(-c3c(Cl)cc(Cl)cc3Cl)c(=O)c2Sc2nnnn2-c2ccccc2)cc1. The molecule has 0 fully saturated rings. The number of carbonyl (C=O) groups excluding carboxylic acids is 1. The molecule has 0 aliphatic carbocycles. The van der Waals surface area contributed by atoms with Gasteiger partial charge in [0, 0.05) is 22.0 Å². The molecule has 4 aromatic carbocycles. The van der Waals surface area contributed by atoms with E-state index in [4.69, 9.17) is 39.5 Å². The summed E-state index contributed by atoms with van der Waals surface area (Å²) in [6, 6.07) is 25.8. The van der Waals surface area contributed by atoms with E-state index in [0.29, 0.717) is 45.2 Å². The molecule has 3 N–H and O–H groups in total. The summed E-state index contributed by atoms with van der Waals surface area (Å²) in [5.74, 6) is 0.780. The van der Waals surface area contributed by atoms with Crippen molar-refractivity contribution < 1.29 is 9.53 Å². The van der Waals surface area contributed by atoms with E-state index in [0.717, 1.165) is 30.2 Å². The number of rotatable bonds is 15. The summed E-state index contributed by atoms with van der Waals surface area (Å²) >= 11 is 20.3. The zero-order chi connectivity index (χ0) is 41.1. The Kier molecular flexibility index (Phi) is 12.8. The highest BCUT2D eigenvalue weighted by molar-refractivity contribution is 7.99. The number of hydrogen-bond acceptors (Lipinski definition) is 8. The third-order valence-electron chi connectivity index (χ3n) is 10.3. The average Bonchev–Trinajstić information content (AvgIpc) is 3.78. The highest BCUT2D eigenvalue weighted by atomic mass is 35.5. The maximum absolute atomic E-state index is 14.1. The number of H-pyrrole nitrogens is 1. The summed E-state index contributed by atoms with van der Waals surface area (Å²) in [5.41, 5.74) is 3.86. The Balaban J connectivity index is 1.25. The second kappa shape index (κ2) is 17.4. The van der Waals surface area contributed by atoms with Crippen LogP contribution in [0, 0.1) is 0 Å². The summed E-state index contributed by atoms with van der Waals surface area (Å²) in [4.78, 5) is 28.0. The van der Waals surface area contributed by atoms with Crippen LogP contribution in [-0.4, -0.2) is 42.0 Å². The van der Waals surface area contributed by atoms with E-state index in [2.05, 4.69) is 84.9 Å². The van der Waals surface area contributed by atoms with Crippen LogP contribution >= 0.6 is 46.6 Å². The van der Waals surface area contributed by atoms with Crippen molar-refractivity contribution >= 4 is 69.7 Å². The fourth-order valence-electron chi connectivity index (χ4n) is 6.03. The number of tetrazole rings is 1. The lowest BCUT2D eigenvalue weighted by Gasteiger charge is -2.31. The number of anilines is 3. The summed E-state index contributed by atoms with van der Waals surface area (Å²) in [6.07, 6.45) is 1.67. The van der Waals surface area contributed by atoms with Gasteiger partial charge in [-0.15, -0.1) is 5.10 Å². The molecule has 6 aromatic rings. The Bertz CT molecular complexity index is 2400. The van der Waals surface area contributed by atoms with Gasteiger partial charge in [0.1, 0.15) is 22.2 Å². The predicted molar refractivity (Wildman–Crippen MR) is 231 cm³/mol. The maximum atomic E-state index is 14.1. The smallest absolute Gasteiger partial charge is 0.287 e. The highest BCUT2D eigenvalue weighted by Gasteiger charge is 2.29. The van der Waals surface area contributed by atoms with Crippen molar-refractivity contribution in [2.45, 2.75) is 94.7 Å². The van der Waals surface area contributed by atoms with Gasteiger partial charge in [-0.2, -0.15) is 4.68 Å². The van der Waals surface area contributed by atoms with Crippen LogP contribution in [0.4, 0.5) is 17.2 Å². The number of benzene rings is 4. The van der Waals surface area contributed by atoms with Crippen LogP contribution in [0.2, 0.25) is 15.1 Å². The summed E-state index contributed by atoms with van der Waals surface area (Å²) in [7, 11) is 0. The molecule has 11 nitrogen and oxygen atoms in total. The van der Waals surface area contributed by atoms with Gasteiger partial charge in [0.15, 0.2) is 6.10 Å². The number of amides is 1. The number of carbonyl (C=O) groups is 1. The molecule has 0 saturated heterocycles. The zero-order valence-corrected chi connectivity index (χ0v) is 35.9. The van der Waals surface area contributed by atoms with Gasteiger partial charge in [0.25, 0.3) is 11.5 Å². The standard InChI is InChI=1S/C42H45Cl3N8O3S/c1-8-33(56-34-21-16-25(41(4,5)9-2)22-30(34)42(6,7)10-3)38(54)47-28-19-17-27(18-20-28)46-37-36(57-40-48-50-51-52(40)29-14-12-11-13-15-29)39(55)53(49-37)35-31(44)23-26(43)24-32(35)45/h11-24,33,46,49H,8-10H2,1-7H3,(H,47,54). The zero-order valence-electron chi connectivity index (χ0n) is 32.8. The van der Waals surface area contributed by atoms with Gasteiger partial charge in [0.2, 0.25) is 5.16 Å². The van der Waals surface area contributed by atoms with Crippen molar-refractivity contribution in [3.63, 3.8) is 0 Å². The molecule has 1 atom stereocenters. The molecule has 57 heavy (non-hydrogen) atoms. The van der Waals surface area contributed by atoms with Crippen LogP contribution in [0.3, 0.4) is 0 Å². The number of nitrogens with one attached hydrogen (secondary N) is 3. The number of para-hydroxylation sites is 1. The van der Waals surface area contributed by atoms with Crippen LogP contribution in [0.15, 0.2) is 99.8 Å². The number of aromatic nitrogens is 6. The molecule has 1 amide bonds. The Morgan fingerprint density at radius 2 is 1.53 bits per heavy atom. The Hall–Kier alpha value is -4.75. The van der Waals surface area contributed by atoms with Gasteiger partial charge in [-0.3, -0.25) is 14.7 Å². The average molecular weight is 848 g/mol. The molecule has 15 heteroatoms. The van der Waals surface area contributed by atoms with Crippen molar-refractivity contribution in [1.29, 1.82) is 0 Å². The van der Waals surface area contributed by atoms with Gasteiger partial charge in [-0.1, -0.05) is 114 Å². The third kappa shape index (κ3) is 9.20. The molecule has 0 bridgehead atoms. The summed E-state index contributed by atoms with van der Waals surface area (Å²) in [5, 5.41) is 22.6. The molecule has 2 aromatic heterocycles. The first kappa shape index (κ1) is 41.9. The minimum Gasteiger partial charge on any atom is -0.480 e. The van der Waals surface area contributed by atoms with Crippen molar-refractivity contribution in [1.82, 2.24) is 30.0 Å². The molecule has 2 heterocycles. The minimum atomic E-state index is -0.720. The van der Waals surface area contributed by atoms with E-state index in [1.54, 1.807) is 24.3 Å². The highest BCUT2D eigenvalue weighted by Crippen LogP contribution is 2.40. The molecule has 0 spiro atoms. The Morgan fingerprint density at radius 3 is 2.16 bits per heavy atom. The first-order valence-electron chi connectivity index (χ1n) is 18.7. The van der Waals surface area contributed by atoms with E-state index in [1.807, 2.05) is 43.3 Å². The van der Waals surface area contributed by atoms with Crippen LogP contribution in [0.1, 0.15) is 78.9 Å². The first-order chi connectivity index (χ1) is 27.1. The van der Waals surface area contributed by atoms with E-state index in [9.17, 15) is 9.59 Å². The van der Waals surface area contributed by atoms with Gasteiger partial charge in [-0.05, 0) is 112 Å². The molecule has 0 aliphatic rings.